The van der Waals surface area contributed by atoms with Crippen LogP contribution in [0.2, 0.25) is 0 Å². The lowest BCUT2D eigenvalue weighted by molar-refractivity contribution is 0.0697. The zero-order valence-corrected chi connectivity index (χ0v) is 14.5. The van der Waals surface area contributed by atoms with Crippen LogP contribution in [0, 0.1) is 17.8 Å². The Labute approximate surface area is 135 Å². The molecular formula is C18H33NO3. The highest BCUT2D eigenvalue weighted by atomic mass is 16.5. The summed E-state index contributed by atoms with van der Waals surface area (Å²) in [6.45, 7) is 9.26. The predicted octanol–water partition coefficient (Wildman–Crippen LogP) is 2.61. The summed E-state index contributed by atoms with van der Waals surface area (Å²) in [6, 6.07) is 0. The van der Waals surface area contributed by atoms with Crippen LogP contribution in [0.25, 0.3) is 0 Å². The molecule has 0 fully saturated rings. The summed E-state index contributed by atoms with van der Waals surface area (Å²) in [7, 11) is 0. The molecule has 0 aromatic heterocycles. The minimum Gasteiger partial charge on any atom is -0.497 e. The highest BCUT2D eigenvalue weighted by molar-refractivity contribution is 5.15. The summed E-state index contributed by atoms with van der Waals surface area (Å²) >= 11 is 0. The van der Waals surface area contributed by atoms with Gasteiger partial charge in [0.05, 0.1) is 18.5 Å². The van der Waals surface area contributed by atoms with Crippen LogP contribution in [0.5, 0.6) is 0 Å². The Morgan fingerprint density at radius 1 is 1.41 bits per heavy atom. The maximum atomic E-state index is 10.2. The van der Waals surface area contributed by atoms with Gasteiger partial charge in [-0.05, 0) is 62.1 Å². The van der Waals surface area contributed by atoms with Crippen molar-refractivity contribution in [2.45, 2.75) is 59.2 Å². The Balaban J connectivity index is 2.63. The van der Waals surface area contributed by atoms with E-state index in [1.807, 2.05) is 13.8 Å². The summed E-state index contributed by atoms with van der Waals surface area (Å²) in [5.41, 5.74) is 7.69. The second-order valence-electron chi connectivity index (χ2n) is 6.83. The fraction of sp³-hybridized carbons (Fsp3) is 0.778. The molecule has 0 aromatic carbocycles. The standard InChI is InChI=1S/C18H33NO3/c1-12-9-18(21)16(11-22-10-12)6-5-13(2)14(3)17(7-8-19)15(4)20/h6,10,13-15,17-18,20-21H,5,7-9,11,19H2,1-4H3/b16-6+/t13-,14+,15+,17-,18?/m0/s1. The van der Waals surface area contributed by atoms with Crippen molar-refractivity contribution in [3.05, 3.63) is 23.5 Å². The summed E-state index contributed by atoms with van der Waals surface area (Å²) in [6.07, 6.45) is 5.42. The van der Waals surface area contributed by atoms with Gasteiger partial charge in [-0.1, -0.05) is 19.9 Å². The van der Waals surface area contributed by atoms with E-state index in [-0.39, 0.29) is 12.0 Å². The quantitative estimate of drug-likeness (QED) is 0.632. The van der Waals surface area contributed by atoms with Crippen LogP contribution < -0.4 is 5.73 Å². The lowest BCUT2D eigenvalue weighted by Crippen LogP contribution is -2.30. The number of aliphatic hydroxyl groups excluding tert-OH is 2. The largest absolute Gasteiger partial charge is 0.497 e. The molecule has 1 unspecified atom stereocenters. The Bertz CT molecular complexity index is 390. The highest BCUT2D eigenvalue weighted by Crippen LogP contribution is 2.29. The lowest BCUT2D eigenvalue weighted by atomic mass is 9.77. The summed E-state index contributed by atoms with van der Waals surface area (Å²) in [4.78, 5) is 0. The average molecular weight is 311 g/mol. The van der Waals surface area contributed by atoms with E-state index < -0.39 is 6.10 Å². The van der Waals surface area contributed by atoms with Crippen molar-refractivity contribution in [2.75, 3.05) is 13.2 Å². The van der Waals surface area contributed by atoms with Crippen LogP contribution in [-0.2, 0) is 4.74 Å². The number of hydrogen-bond acceptors (Lipinski definition) is 4. The number of ether oxygens (including phenoxy) is 1. The van der Waals surface area contributed by atoms with Crippen molar-refractivity contribution < 1.29 is 14.9 Å². The van der Waals surface area contributed by atoms with E-state index in [0.29, 0.717) is 31.4 Å². The first-order valence-electron chi connectivity index (χ1n) is 8.39. The van der Waals surface area contributed by atoms with E-state index in [1.165, 1.54) is 0 Å². The van der Waals surface area contributed by atoms with E-state index in [2.05, 4.69) is 19.9 Å². The van der Waals surface area contributed by atoms with Crippen LogP contribution in [0.3, 0.4) is 0 Å². The third kappa shape index (κ3) is 5.75. The molecular weight excluding hydrogens is 278 g/mol. The first-order chi connectivity index (χ1) is 10.4. The lowest BCUT2D eigenvalue weighted by Gasteiger charge is -2.30. The summed E-state index contributed by atoms with van der Waals surface area (Å²) in [5.74, 6) is 1.02. The van der Waals surface area contributed by atoms with Gasteiger partial charge in [0.1, 0.15) is 6.61 Å². The van der Waals surface area contributed by atoms with Gasteiger partial charge in [-0.15, -0.1) is 0 Å². The van der Waals surface area contributed by atoms with Gasteiger partial charge in [0.2, 0.25) is 0 Å². The molecule has 1 aliphatic rings. The smallest absolute Gasteiger partial charge is 0.111 e. The molecule has 0 bridgehead atoms. The molecule has 0 spiro atoms. The minimum absolute atomic E-state index is 0.220. The first kappa shape index (κ1) is 19.2. The molecule has 1 aliphatic heterocycles. The molecule has 0 saturated heterocycles. The Morgan fingerprint density at radius 2 is 2.09 bits per heavy atom. The van der Waals surface area contributed by atoms with Crippen molar-refractivity contribution >= 4 is 0 Å². The van der Waals surface area contributed by atoms with Crippen LogP contribution in [0.15, 0.2) is 23.5 Å². The average Bonchev–Trinajstić information content (AvgIpc) is 2.61. The highest BCUT2D eigenvalue weighted by Gasteiger charge is 2.26. The minimum atomic E-state index is -0.446. The van der Waals surface area contributed by atoms with Gasteiger partial charge in [-0.25, -0.2) is 0 Å². The first-order valence-corrected chi connectivity index (χ1v) is 8.39. The van der Waals surface area contributed by atoms with E-state index in [4.69, 9.17) is 10.5 Å². The molecule has 0 amide bonds. The number of allylic oxidation sites excluding steroid dienone is 1. The zero-order chi connectivity index (χ0) is 16.7. The molecule has 0 radical (unpaired) electrons. The van der Waals surface area contributed by atoms with Crippen molar-refractivity contribution in [3.63, 3.8) is 0 Å². The molecule has 1 rings (SSSR count). The SMILES string of the molecule is CC1=COC/C(=C\C[C@H](C)[C@@H](C)[C@H](CCN)[C@@H](C)O)C(O)C1. The Kier molecular flexibility index (Phi) is 8.15. The topological polar surface area (TPSA) is 75.7 Å². The third-order valence-corrected chi connectivity index (χ3v) is 4.92. The molecule has 0 saturated carbocycles. The van der Waals surface area contributed by atoms with E-state index in [9.17, 15) is 10.2 Å². The molecule has 4 N–H and O–H groups in total. The second kappa shape index (κ2) is 9.33. The fourth-order valence-electron chi connectivity index (χ4n) is 3.17. The van der Waals surface area contributed by atoms with E-state index >= 15 is 0 Å². The van der Waals surface area contributed by atoms with Gasteiger partial charge in [0.15, 0.2) is 0 Å². The maximum Gasteiger partial charge on any atom is 0.111 e. The number of hydrogen-bond donors (Lipinski definition) is 3. The summed E-state index contributed by atoms with van der Waals surface area (Å²) in [5, 5.41) is 20.2. The molecule has 128 valence electrons. The van der Waals surface area contributed by atoms with E-state index in [0.717, 1.165) is 24.0 Å². The van der Waals surface area contributed by atoms with Gasteiger partial charge in [-0.2, -0.15) is 0 Å². The normalized spacial score (nSPS) is 26.6. The third-order valence-electron chi connectivity index (χ3n) is 4.92. The van der Waals surface area contributed by atoms with Crippen LogP contribution in [-0.4, -0.2) is 35.6 Å². The summed E-state index contributed by atoms with van der Waals surface area (Å²) < 4.78 is 5.46. The molecule has 0 aliphatic carbocycles. The molecule has 5 atom stereocenters. The maximum absolute atomic E-state index is 10.2. The van der Waals surface area contributed by atoms with Gasteiger partial charge in [0, 0.05) is 6.42 Å². The monoisotopic (exact) mass is 311 g/mol. The molecule has 4 nitrogen and oxygen atoms in total. The van der Waals surface area contributed by atoms with Crippen molar-refractivity contribution in [3.8, 4) is 0 Å². The molecule has 4 heteroatoms. The van der Waals surface area contributed by atoms with Gasteiger partial charge in [0.25, 0.3) is 0 Å². The second-order valence-corrected chi connectivity index (χ2v) is 6.83. The van der Waals surface area contributed by atoms with Crippen molar-refractivity contribution in [1.29, 1.82) is 0 Å². The number of aliphatic hydroxyl groups is 2. The molecule has 0 aromatic rings. The zero-order valence-electron chi connectivity index (χ0n) is 14.5. The van der Waals surface area contributed by atoms with Crippen LogP contribution in [0.1, 0.15) is 47.0 Å². The van der Waals surface area contributed by atoms with Gasteiger partial charge in [-0.3, -0.25) is 0 Å². The van der Waals surface area contributed by atoms with Crippen LogP contribution in [0.4, 0.5) is 0 Å². The Morgan fingerprint density at radius 3 is 2.68 bits per heavy atom. The van der Waals surface area contributed by atoms with Gasteiger partial charge >= 0.3 is 0 Å². The fourth-order valence-corrected chi connectivity index (χ4v) is 3.17. The van der Waals surface area contributed by atoms with E-state index in [1.54, 1.807) is 6.26 Å². The van der Waals surface area contributed by atoms with Crippen molar-refractivity contribution in [2.24, 2.45) is 23.5 Å². The molecule has 1 heterocycles. The van der Waals surface area contributed by atoms with Crippen molar-refractivity contribution in [1.82, 2.24) is 0 Å². The molecule has 22 heavy (non-hydrogen) atoms. The predicted molar refractivity (Wildman–Crippen MR) is 90.2 cm³/mol. The number of nitrogens with two attached hydrogens (primary N) is 1. The van der Waals surface area contributed by atoms with Crippen LogP contribution >= 0.6 is 0 Å². The van der Waals surface area contributed by atoms with Gasteiger partial charge < -0.3 is 20.7 Å². The Hall–Kier alpha value is -0.840. The number of rotatable bonds is 7.